The zero-order chi connectivity index (χ0) is 15.0. The molecule has 1 aliphatic rings. The SMILES string of the molecule is Cc1ncc(S(=O)(=O)N2C[C@@H](CO)[C@H](c3ccsc3)C2)[nH]1. The second-order valence-corrected chi connectivity index (χ2v) is 7.95. The van der Waals surface area contributed by atoms with Gasteiger partial charge < -0.3 is 10.1 Å². The molecule has 0 amide bonds. The summed E-state index contributed by atoms with van der Waals surface area (Å²) in [6.07, 6.45) is 1.34. The second-order valence-electron chi connectivity index (χ2n) is 5.26. The van der Waals surface area contributed by atoms with Gasteiger partial charge in [0.1, 0.15) is 5.82 Å². The first-order chi connectivity index (χ1) is 10.0. The van der Waals surface area contributed by atoms with Crippen molar-refractivity contribution in [1.29, 1.82) is 0 Å². The molecule has 0 radical (unpaired) electrons. The van der Waals surface area contributed by atoms with Crippen molar-refractivity contribution in [3.8, 4) is 0 Å². The highest BCUT2D eigenvalue weighted by Crippen LogP contribution is 2.35. The van der Waals surface area contributed by atoms with Gasteiger partial charge in [-0.25, -0.2) is 13.4 Å². The average molecular weight is 327 g/mol. The van der Waals surface area contributed by atoms with E-state index in [0.717, 1.165) is 5.56 Å². The van der Waals surface area contributed by atoms with Crippen LogP contribution in [0.1, 0.15) is 17.3 Å². The molecule has 0 unspecified atom stereocenters. The Hall–Kier alpha value is -1.22. The van der Waals surface area contributed by atoms with Crippen LogP contribution in [-0.2, 0) is 10.0 Å². The number of aromatic nitrogens is 2. The maximum atomic E-state index is 12.6. The van der Waals surface area contributed by atoms with Gasteiger partial charge >= 0.3 is 0 Å². The van der Waals surface area contributed by atoms with Crippen LogP contribution in [0.5, 0.6) is 0 Å². The van der Waals surface area contributed by atoms with E-state index in [4.69, 9.17) is 0 Å². The van der Waals surface area contributed by atoms with E-state index in [9.17, 15) is 13.5 Å². The Labute approximate surface area is 127 Å². The number of sulfonamides is 1. The lowest BCUT2D eigenvalue weighted by Gasteiger charge is -2.14. The summed E-state index contributed by atoms with van der Waals surface area (Å²) in [6, 6.07) is 1.99. The topological polar surface area (TPSA) is 86.3 Å². The summed E-state index contributed by atoms with van der Waals surface area (Å²) in [7, 11) is -3.58. The molecule has 2 atom stereocenters. The van der Waals surface area contributed by atoms with Crippen LogP contribution in [0.4, 0.5) is 0 Å². The van der Waals surface area contributed by atoms with Gasteiger partial charge in [0, 0.05) is 31.5 Å². The largest absolute Gasteiger partial charge is 0.396 e. The number of hydrogen-bond acceptors (Lipinski definition) is 5. The third-order valence-electron chi connectivity index (χ3n) is 3.91. The zero-order valence-electron chi connectivity index (χ0n) is 11.6. The van der Waals surface area contributed by atoms with Gasteiger partial charge in [-0.15, -0.1) is 0 Å². The number of aliphatic hydroxyl groups is 1. The van der Waals surface area contributed by atoms with Crippen molar-refractivity contribution in [2.75, 3.05) is 19.7 Å². The van der Waals surface area contributed by atoms with E-state index in [1.807, 2.05) is 16.8 Å². The predicted molar refractivity (Wildman–Crippen MR) is 79.7 cm³/mol. The summed E-state index contributed by atoms with van der Waals surface area (Å²) < 4.78 is 26.6. The first-order valence-electron chi connectivity index (χ1n) is 6.67. The summed E-state index contributed by atoms with van der Waals surface area (Å²) in [5, 5.41) is 13.7. The summed E-state index contributed by atoms with van der Waals surface area (Å²) in [4.78, 5) is 6.73. The minimum Gasteiger partial charge on any atom is -0.396 e. The molecular formula is C13H17N3O3S2. The van der Waals surface area contributed by atoms with Crippen molar-refractivity contribution in [3.05, 3.63) is 34.4 Å². The first kappa shape index (κ1) is 14.7. The Balaban J connectivity index is 1.88. The molecule has 0 bridgehead atoms. The maximum Gasteiger partial charge on any atom is 0.260 e. The number of rotatable bonds is 4. The molecule has 0 aromatic carbocycles. The van der Waals surface area contributed by atoms with Gasteiger partial charge in [-0.3, -0.25) is 0 Å². The van der Waals surface area contributed by atoms with E-state index in [2.05, 4.69) is 9.97 Å². The standard InChI is InChI=1S/C13H17N3O3S2/c1-9-14-4-13(15-9)21(18,19)16-5-11(7-17)12(6-16)10-2-3-20-8-10/h2-4,8,11-12,17H,5-7H2,1H3,(H,14,15)/t11-,12-/m0/s1. The highest BCUT2D eigenvalue weighted by atomic mass is 32.2. The third-order valence-corrected chi connectivity index (χ3v) is 6.35. The molecule has 114 valence electrons. The van der Waals surface area contributed by atoms with Crippen molar-refractivity contribution < 1.29 is 13.5 Å². The molecule has 1 aliphatic heterocycles. The average Bonchev–Trinajstić information content (AvgIpc) is 3.17. The van der Waals surface area contributed by atoms with Crippen molar-refractivity contribution in [2.45, 2.75) is 17.9 Å². The number of aryl methyl sites for hydroxylation is 1. The Morgan fingerprint density at radius 3 is 2.90 bits per heavy atom. The Morgan fingerprint density at radius 2 is 2.33 bits per heavy atom. The van der Waals surface area contributed by atoms with Gasteiger partial charge in [0.05, 0.1) is 6.20 Å². The molecule has 2 N–H and O–H groups in total. The smallest absolute Gasteiger partial charge is 0.260 e. The lowest BCUT2D eigenvalue weighted by atomic mass is 9.92. The number of nitrogens with zero attached hydrogens (tertiary/aromatic N) is 2. The zero-order valence-corrected chi connectivity index (χ0v) is 13.2. The normalized spacial score (nSPS) is 23.7. The molecule has 3 rings (SSSR count). The molecule has 0 spiro atoms. The van der Waals surface area contributed by atoms with Crippen molar-refractivity contribution in [2.24, 2.45) is 5.92 Å². The van der Waals surface area contributed by atoms with Crippen LogP contribution < -0.4 is 0 Å². The Kier molecular flexibility index (Phi) is 3.87. The predicted octanol–water partition coefficient (Wildman–Crippen LogP) is 1.18. The van der Waals surface area contributed by atoms with Crippen LogP contribution in [0.3, 0.4) is 0 Å². The minimum absolute atomic E-state index is 0.0193. The summed E-state index contributed by atoms with van der Waals surface area (Å²) >= 11 is 1.58. The molecule has 8 heteroatoms. The molecule has 6 nitrogen and oxygen atoms in total. The monoisotopic (exact) mass is 327 g/mol. The number of aliphatic hydroxyl groups excluding tert-OH is 1. The van der Waals surface area contributed by atoms with E-state index in [-0.39, 0.29) is 23.5 Å². The van der Waals surface area contributed by atoms with Crippen LogP contribution in [0.25, 0.3) is 0 Å². The van der Waals surface area contributed by atoms with E-state index < -0.39 is 10.0 Å². The molecule has 1 saturated heterocycles. The van der Waals surface area contributed by atoms with E-state index in [0.29, 0.717) is 18.9 Å². The van der Waals surface area contributed by atoms with Crippen molar-refractivity contribution >= 4 is 21.4 Å². The molecule has 0 aliphatic carbocycles. The van der Waals surface area contributed by atoms with Gasteiger partial charge in [0.25, 0.3) is 10.0 Å². The van der Waals surface area contributed by atoms with Crippen LogP contribution in [-0.4, -0.2) is 47.5 Å². The number of H-pyrrole nitrogens is 1. The molecule has 0 saturated carbocycles. The molecule has 2 aromatic heterocycles. The van der Waals surface area contributed by atoms with Gasteiger partial charge in [-0.1, -0.05) is 0 Å². The fourth-order valence-corrected chi connectivity index (χ4v) is 4.96. The molecular weight excluding hydrogens is 310 g/mol. The first-order valence-corrected chi connectivity index (χ1v) is 9.05. The van der Waals surface area contributed by atoms with Gasteiger partial charge in [0.2, 0.25) is 0 Å². The quantitative estimate of drug-likeness (QED) is 0.883. The van der Waals surface area contributed by atoms with Gasteiger partial charge in [-0.05, 0) is 29.3 Å². The number of imidazole rings is 1. The molecule has 1 fully saturated rings. The number of aromatic amines is 1. The molecule has 21 heavy (non-hydrogen) atoms. The van der Waals surface area contributed by atoms with Crippen molar-refractivity contribution in [1.82, 2.24) is 14.3 Å². The Bertz CT molecular complexity index is 709. The van der Waals surface area contributed by atoms with Gasteiger partial charge in [0.15, 0.2) is 5.03 Å². The van der Waals surface area contributed by atoms with Crippen LogP contribution in [0.15, 0.2) is 28.0 Å². The lowest BCUT2D eigenvalue weighted by Crippen LogP contribution is -2.29. The van der Waals surface area contributed by atoms with E-state index in [1.54, 1.807) is 18.3 Å². The summed E-state index contributed by atoms with van der Waals surface area (Å²) in [5.74, 6) is 0.541. The lowest BCUT2D eigenvalue weighted by molar-refractivity contribution is 0.223. The van der Waals surface area contributed by atoms with Crippen LogP contribution in [0, 0.1) is 12.8 Å². The fraction of sp³-hybridized carbons (Fsp3) is 0.462. The second kappa shape index (κ2) is 5.53. The summed E-state index contributed by atoms with van der Waals surface area (Å²) in [5.41, 5.74) is 1.09. The number of hydrogen-bond donors (Lipinski definition) is 2. The highest BCUT2D eigenvalue weighted by molar-refractivity contribution is 7.89. The van der Waals surface area contributed by atoms with E-state index >= 15 is 0 Å². The summed E-state index contributed by atoms with van der Waals surface area (Å²) in [6.45, 7) is 2.42. The third kappa shape index (κ3) is 2.64. The van der Waals surface area contributed by atoms with Crippen LogP contribution in [0.2, 0.25) is 0 Å². The molecule has 3 heterocycles. The van der Waals surface area contributed by atoms with Crippen LogP contribution >= 0.6 is 11.3 Å². The minimum atomic E-state index is -3.58. The number of thiophene rings is 1. The van der Waals surface area contributed by atoms with E-state index in [1.165, 1.54) is 10.5 Å². The fourth-order valence-electron chi connectivity index (χ4n) is 2.75. The highest BCUT2D eigenvalue weighted by Gasteiger charge is 2.40. The number of nitrogens with one attached hydrogen (secondary N) is 1. The maximum absolute atomic E-state index is 12.6. The van der Waals surface area contributed by atoms with Gasteiger partial charge in [-0.2, -0.15) is 15.6 Å². The molecule has 2 aromatic rings. The Morgan fingerprint density at radius 1 is 1.52 bits per heavy atom. The van der Waals surface area contributed by atoms with Crippen molar-refractivity contribution in [3.63, 3.8) is 0 Å².